The molecular weight excluding hydrogens is 322 g/mol. The van der Waals surface area contributed by atoms with E-state index in [1.54, 1.807) is 0 Å². The van der Waals surface area contributed by atoms with Crippen LogP contribution in [0.1, 0.15) is 23.2 Å². The predicted molar refractivity (Wildman–Crippen MR) is 77.1 cm³/mol. The van der Waals surface area contributed by atoms with Gasteiger partial charge in [0.25, 0.3) is 0 Å². The van der Waals surface area contributed by atoms with E-state index in [-0.39, 0.29) is 34.9 Å². The van der Waals surface area contributed by atoms with E-state index < -0.39 is 22.0 Å². The number of rotatable bonds is 7. The molecule has 0 fully saturated rings. The van der Waals surface area contributed by atoms with Crippen LogP contribution >= 0.6 is 11.6 Å². The minimum atomic E-state index is -3.65. The molecule has 0 aliphatic carbocycles. The number of carbonyl (C=O) groups excluding carboxylic acids is 1. The summed E-state index contributed by atoms with van der Waals surface area (Å²) in [7, 11) is -2.43. The number of sulfonamides is 1. The Bertz CT molecular complexity index is 643. The highest BCUT2D eigenvalue weighted by Gasteiger charge is 2.14. The Morgan fingerprint density at radius 1 is 1.38 bits per heavy atom. The third-order valence-electron chi connectivity index (χ3n) is 2.49. The molecule has 0 aliphatic heterocycles. The van der Waals surface area contributed by atoms with Crippen molar-refractivity contribution in [1.29, 1.82) is 0 Å². The molecule has 0 heterocycles. The average Bonchev–Trinajstić information content (AvgIpc) is 2.37. The third kappa shape index (κ3) is 5.60. The Balaban J connectivity index is 2.69. The monoisotopic (exact) mass is 335 g/mol. The number of hydrogen-bond acceptors (Lipinski definition) is 5. The zero-order valence-corrected chi connectivity index (χ0v) is 12.7. The van der Waals surface area contributed by atoms with E-state index >= 15 is 0 Å². The summed E-state index contributed by atoms with van der Waals surface area (Å²) in [5.41, 5.74) is 0.0355. The van der Waals surface area contributed by atoms with Crippen molar-refractivity contribution in [3.63, 3.8) is 0 Å². The normalized spacial score (nSPS) is 11.0. The number of halogens is 1. The maximum Gasteiger partial charge on any atom is 0.337 e. The molecule has 0 spiro atoms. The Hall–Kier alpha value is -1.80. The van der Waals surface area contributed by atoms with Crippen molar-refractivity contribution in [3.05, 3.63) is 28.8 Å². The molecule has 9 heteroatoms. The molecule has 0 unspecified atom stereocenters. The molecule has 116 valence electrons. The van der Waals surface area contributed by atoms with Crippen molar-refractivity contribution in [1.82, 2.24) is 0 Å². The lowest BCUT2D eigenvalue weighted by Crippen LogP contribution is -2.17. The maximum absolute atomic E-state index is 11.8. The molecule has 1 aromatic rings. The first-order valence-corrected chi connectivity index (χ1v) is 7.88. The van der Waals surface area contributed by atoms with Crippen molar-refractivity contribution in [3.8, 4) is 0 Å². The first-order chi connectivity index (χ1) is 9.75. The van der Waals surface area contributed by atoms with Gasteiger partial charge in [-0.05, 0) is 24.6 Å². The number of methoxy groups -OCH3 is 1. The van der Waals surface area contributed by atoms with E-state index in [2.05, 4.69) is 9.46 Å². The van der Waals surface area contributed by atoms with E-state index in [1.807, 2.05) is 0 Å². The Labute approximate surface area is 126 Å². The SMILES string of the molecule is COC(=O)CCCS(=O)(=O)Nc1ccc(C(=O)O)c(Cl)c1. The number of carboxylic acids is 1. The molecule has 0 saturated carbocycles. The largest absolute Gasteiger partial charge is 0.478 e. The number of aromatic carboxylic acids is 1. The van der Waals surface area contributed by atoms with Crippen LogP contribution in [0.15, 0.2) is 18.2 Å². The summed E-state index contributed by atoms with van der Waals surface area (Å²) < 4.78 is 30.2. The predicted octanol–water partition coefficient (Wildman–Crippen LogP) is 1.73. The van der Waals surface area contributed by atoms with Gasteiger partial charge in [-0.2, -0.15) is 0 Å². The van der Waals surface area contributed by atoms with Crippen LogP contribution < -0.4 is 4.72 Å². The van der Waals surface area contributed by atoms with Crippen LogP contribution in [0.3, 0.4) is 0 Å². The third-order valence-corrected chi connectivity index (χ3v) is 4.18. The van der Waals surface area contributed by atoms with Gasteiger partial charge in [-0.25, -0.2) is 13.2 Å². The number of benzene rings is 1. The summed E-state index contributed by atoms with van der Waals surface area (Å²) in [6.45, 7) is 0. The lowest BCUT2D eigenvalue weighted by molar-refractivity contribution is -0.140. The summed E-state index contributed by atoms with van der Waals surface area (Å²) >= 11 is 5.74. The van der Waals surface area contributed by atoms with Crippen LogP contribution in [0.2, 0.25) is 5.02 Å². The number of hydrogen-bond donors (Lipinski definition) is 2. The van der Waals surface area contributed by atoms with Gasteiger partial charge in [0.1, 0.15) is 0 Å². The molecule has 0 atom stereocenters. The molecule has 0 radical (unpaired) electrons. The van der Waals surface area contributed by atoms with E-state index in [0.29, 0.717) is 0 Å². The minimum Gasteiger partial charge on any atom is -0.478 e. The molecule has 2 N–H and O–H groups in total. The second-order valence-corrected chi connectivity index (χ2v) is 6.35. The molecule has 1 rings (SSSR count). The zero-order chi connectivity index (χ0) is 16.0. The van der Waals surface area contributed by atoms with Gasteiger partial charge in [0.05, 0.1) is 23.4 Å². The van der Waals surface area contributed by atoms with Gasteiger partial charge in [-0.15, -0.1) is 0 Å². The summed E-state index contributed by atoms with van der Waals surface area (Å²) in [6, 6.07) is 3.72. The van der Waals surface area contributed by atoms with Gasteiger partial charge in [0.15, 0.2) is 0 Å². The van der Waals surface area contributed by atoms with Gasteiger partial charge < -0.3 is 9.84 Å². The van der Waals surface area contributed by atoms with Gasteiger partial charge >= 0.3 is 11.9 Å². The lowest BCUT2D eigenvalue weighted by atomic mass is 10.2. The second-order valence-electron chi connectivity index (χ2n) is 4.10. The molecule has 0 bridgehead atoms. The van der Waals surface area contributed by atoms with Gasteiger partial charge in [-0.1, -0.05) is 11.6 Å². The van der Waals surface area contributed by atoms with E-state index in [0.717, 1.165) is 0 Å². The van der Waals surface area contributed by atoms with Crippen LogP contribution in [-0.2, 0) is 19.6 Å². The number of nitrogens with one attached hydrogen (secondary N) is 1. The second kappa shape index (κ2) is 7.28. The van der Waals surface area contributed by atoms with Crippen molar-refractivity contribution < 1.29 is 27.9 Å². The van der Waals surface area contributed by atoms with Gasteiger partial charge in [-0.3, -0.25) is 9.52 Å². The molecule has 0 aliphatic rings. The summed E-state index contributed by atoms with van der Waals surface area (Å²) in [4.78, 5) is 21.7. The molecular formula is C12H14ClNO6S. The first kappa shape index (κ1) is 17.3. The fourth-order valence-corrected chi connectivity index (χ4v) is 2.87. The fraction of sp³-hybridized carbons (Fsp3) is 0.333. The number of esters is 1. The minimum absolute atomic E-state index is 0.00385. The molecule has 1 aromatic carbocycles. The molecule has 0 amide bonds. The Morgan fingerprint density at radius 2 is 2.05 bits per heavy atom. The van der Waals surface area contributed by atoms with Crippen molar-refractivity contribution in [2.75, 3.05) is 17.6 Å². The first-order valence-electron chi connectivity index (χ1n) is 5.85. The van der Waals surface area contributed by atoms with Crippen LogP contribution in [0.4, 0.5) is 5.69 Å². The van der Waals surface area contributed by atoms with Crippen molar-refractivity contribution in [2.24, 2.45) is 0 Å². The average molecular weight is 336 g/mol. The van der Waals surface area contributed by atoms with E-state index in [1.165, 1.54) is 25.3 Å². The van der Waals surface area contributed by atoms with Crippen molar-refractivity contribution >= 4 is 39.3 Å². The molecule has 7 nitrogen and oxygen atoms in total. The topological polar surface area (TPSA) is 110 Å². The zero-order valence-electron chi connectivity index (χ0n) is 11.1. The molecule has 0 aromatic heterocycles. The summed E-state index contributed by atoms with van der Waals surface area (Å²) in [5, 5.41) is 8.74. The number of anilines is 1. The van der Waals surface area contributed by atoms with Gasteiger partial charge in [0, 0.05) is 12.1 Å². The number of ether oxygens (including phenoxy) is 1. The van der Waals surface area contributed by atoms with Gasteiger partial charge in [0.2, 0.25) is 10.0 Å². The van der Waals surface area contributed by atoms with Crippen LogP contribution in [0.25, 0.3) is 0 Å². The fourth-order valence-electron chi connectivity index (χ4n) is 1.49. The smallest absolute Gasteiger partial charge is 0.337 e. The maximum atomic E-state index is 11.8. The van der Waals surface area contributed by atoms with E-state index in [9.17, 15) is 18.0 Å². The molecule has 21 heavy (non-hydrogen) atoms. The molecule has 0 saturated heterocycles. The van der Waals surface area contributed by atoms with E-state index in [4.69, 9.17) is 16.7 Å². The quantitative estimate of drug-likeness (QED) is 0.734. The van der Waals surface area contributed by atoms with Crippen molar-refractivity contribution in [2.45, 2.75) is 12.8 Å². The Morgan fingerprint density at radius 3 is 2.57 bits per heavy atom. The number of carboxylic acid groups (broad SMARTS) is 1. The summed E-state index contributed by atoms with van der Waals surface area (Å²) in [6.07, 6.45) is 0.110. The van der Waals surface area contributed by atoms with Crippen LogP contribution in [0, 0.1) is 0 Å². The summed E-state index contributed by atoms with van der Waals surface area (Å²) in [5.74, 6) is -1.95. The van der Waals surface area contributed by atoms with Crippen LogP contribution in [0.5, 0.6) is 0 Å². The number of carbonyl (C=O) groups is 2. The highest BCUT2D eigenvalue weighted by Crippen LogP contribution is 2.22. The lowest BCUT2D eigenvalue weighted by Gasteiger charge is -2.09. The highest BCUT2D eigenvalue weighted by molar-refractivity contribution is 7.92. The highest BCUT2D eigenvalue weighted by atomic mass is 35.5. The Kier molecular flexibility index (Phi) is 5.98. The standard InChI is InChI=1S/C12H14ClNO6S/c1-20-11(15)3-2-6-21(18,19)14-8-4-5-9(12(16)17)10(13)7-8/h4-5,7,14H,2-3,6H2,1H3,(H,16,17). The van der Waals surface area contributed by atoms with Crippen LogP contribution in [-0.4, -0.2) is 38.3 Å².